The van der Waals surface area contributed by atoms with Crippen molar-refractivity contribution in [3.8, 4) is 17.3 Å². The van der Waals surface area contributed by atoms with Crippen LogP contribution in [0.3, 0.4) is 0 Å². The first-order valence-corrected chi connectivity index (χ1v) is 8.86. The van der Waals surface area contributed by atoms with Gasteiger partial charge in [-0.25, -0.2) is 0 Å². The van der Waals surface area contributed by atoms with Crippen molar-refractivity contribution in [1.29, 1.82) is 5.26 Å². The molecule has 0 aliphatic carbocycles. The molecule has 0 aliphatic heterocycles. The fraction of sp³-hybridized carbons (Fsp3) is 0.211. The van der Waals surface area contributed by atoms with Gasteiger partial charge in [0, 0.05) is 25.2 Å². The fourth-order valence-electron chi connectivity index (χ4n) is 2.55. The molecule has 0 spiro atoms. The van der Waals surface area contributed by atoms with Crippen LogP contribution in [-0.2, 0) is 0 Å². The van der Waals surface area contributed by atoms with Crippen LogP contribution in [0, 0.1) is 11.3 Å². The molecule has 1 unspecified atom stereocenters. The Hall–Kier alpha value is -3.44. The third-order valence-electron chi connectivity index (χ3n) is 4.19. The van der Waals surface area contributed by atoms with Gasteiger partial charge in [0.1, 0.15) is 17.5 Å². The molecule has 0 bridgehead atoms. The summed E-state index contributed by atoms with van der Waals surface area (Å²) in [6.45, 7) is 3.63. The van der Waals surface area contributed by atoms with Crippen molar-refractivity contribution in [2.24, 2.45) is 0 Å². The van der Waals surface area contributed by atoms with Crippen LogP contribution in [0.25, 0.3) is 11.3 Å². The van der Waals surface area contributed by atoms with Gasteiger partial charge in [-0.1, -0.05) is 17.7 Å². The molecular weight excluding hydrogens is 380 g/mol. The normalized spacial score (nSPS) is 11.6. The van der Waals surface area contributed by atoms with Crippen molar-refractivity contribution in [3.63, 3.8) is 0 Å². The van der Waals surface area contributed by atoms with Crippen LogP contribution in [0.1, 0.15) is 46.4 Å². The number of hydrogen-bond acceptors (Lipinski definition) is 5. The second-order valence-electron chi connectivity index (χ2n) is 6.27. The van der Waals surface area contributed by atoms with Crippen LogP contribution < -0.4 is 5.32 Å². The number of nitrogens with zero attached hydrogens (tertiary/aromatic N) is 4. The highest BCUT2D eigenvalue weighted by Crippen LogP contribution is 2.24. The Balaban J connectivity index is 1.64. The second-order valence-corrected chi connectivity index (χ2v) is 6.68. The van der Waals surface area contributed by atoms with Gasteiger partial charge in [-0.05, 0) is 31.2 Å². The van der Waals surface area contributed by atoms with E-state index < -0.39 is 0 Å². The number of H-pyrrole nitrogens is 1. The maximum Gasteiger partial charge on any atom is 0.269 e. The number of rotatable bonds is 6. The van der Waals surface area contributed by atoms with E-state index in [1.54, 1.807) is 22.9 Å². The number of benzene rings is 1. The molecule has 8 nitrogen and oxygen atoms in total. The number of amides is 1. The molecule has 1 aromatic carbocycles. The number of nitriles is 1. The lowest BCUT2D eigenvalue weighted by molar-refractivity contribution is 0.0942. The number of hydrogen-bond donors (Lipinski definition) is 2. The monoisotopic (exact) mass is 396 g/mol. The summed E-state index contributed by atoms with van der Waals surface area (Å²) < 4.78 is 1.73. The Labute approximate surface area is 166 Å². The van der Waals surface area contributed by atoms with E-state index in [2.05, 4.69) is 20.6 Å². The SMILES string of the molecule is CC(=O)c1cc(C(=O)NCC(C)n2ccc(-c3ccc(C#N)c(Cl)c3)n2)[nH]n1. The average Bonchev–Trinajstić information content (AvgIpc) is 3.35. The second kappa shape index (κ2) is 8.06. The number of aromatic nitrogens is 4. The smallest absolute Gasteiger partial charge is 0.269 e. The molecule has 0 saturated heterocycles. The molecule has 1 atom stereocenters. The van der Waals surface area contributed by atoms with Crippen molar-refractivity contribution in [1.82, 2.24) is 25.3 Å². The van der Waals surface area contributed by atoms with E-state index >= 15 is 0 Å². The molecule has 28 heavy (non-hydrogen) atoms. The molecule has 3 rings (SSSR count). The minimum atomic E-state index is -0.349. The zero-order valence-corrected chi connectivity index (χ0v) is 16.0. The highest BCUT2D eigenvalue weighted by Gasteiger charge is 2.14. The molecule has 3 aromatic rings. The van der Waals surface area contributed by atoms with E-state index in [1.165, 1.54) is 13.0 Å². The predicted octanol–water partition coefficient (Wildman–Crippen LogP) is 2.99. The van der Waals surface area contributed by atoms with Crippen LogP contribution in [0.5, 0.6) is 0 Å². The van der Waals surface area contributed by atoms with Crippen molar-refractivity contribution >= 4 is 23.3 Å². The standard InChI is InChI=1S/C19H17ClN6O2/c1-11(10-22-19(28)18-8-17(12(2)27)23-24-18)26-6-5-16(25-26)13-3-4-14(9-21)15(20)7-13/h3-8,11H,10H2,1-2H3,(H,22,28)(H,23,24). The summed E-state index contributed by atoms with van der Waals surface area (Å²) in [6.07, 6.45) is 1.81. The minimum Gasteiger partial charge on any atom is -0.349 e. The zero-order chi connectivity index (χ0) is 20.3. The van der Waals surface area contributed by atoms with Gasteiger partial charge in [0.15, 0.2) is 5.78 Å². The summed E-state index contributed by atoms with van der Waals surface area (Å²) >= 11 is 6.08. The molecule has 2 N–H and O–H groups in total. The molecule has 0 saturated carbocycles. The number of aromatic amines is 1. The number of carbonyl (C=O) groups is 2. The third-order valence-corrected chi connectivity index (χ3v) is 4.50. The van der Waals surface area contributed by atoms with E-state index in [-0.39, 0.29) is 29.1 Å². The number of carbonyl (C=O) groups excluding carboxylic acids is 2. The number of Topliss-reactive ketones (excluding diaryl/α,β-unsaturated/α-hetero) is 1. The fourth-order valence-corrected chi connectivity index (χ4v) is 2.77. The van der Waals surface area contributed by atoms with Gasteiger partial charge < -0.3 is 5.32 Å². The van der Waals surface area contributed by atoms with E-state index in [4.69, 9.17) is 16.9 Å². The van der Waals surface area contributed by atoms with E-state index in [0.29, 0.717) is 22.8 Å². The third kappa shape index (κ3) is 4.10. The number of ketones is 1. The molecule has 2 heterocycles. The molecule has 0 aliphatic rings. The summed E-state index contributed by atoms with van der Waals surface area (Å²) in [5.74, 6) is -0.561. The largest absolute Gasteiger partial charge is 0.349 e. The van der Waals surface area contributed by atoms with Gasteiger partial charge in [0.05, 0.1) is 22.3 Å². The summed E-state index contributed by atoms with van der Waals surface area (Å²) in [4.78, 5) is 23.4. The molecule has 1 amide bonds. The summed E-state index contributed by atoms with van der Waals surface area (Å²) in [5.41, 5.74) is 2.37. The maximum atomic E-state index is 12.2. The maximum absolute atomic E-state index is 12.2. The molecular formula is C19H17ClN6O2. The van der Waals surface area contributed by atoms with Crippen molar-refractivity contribution in [2.75, 3.05) is 6.54 Å². The van der Waals surface area contributed by atoms with E-state index in [9.17, 15) is 9.59 Å². The van der Waals surface area contributed by atoms with Gasteiger partial charge >= 0.3 is 0 Å². The first kappa shape index (κ1) is 19.3. The van der Waals surface area contributed by atoms with Gasteiger partial charge in [0.25, 0.3) is 5.91 Å². The van der Waals surface area contributed by atoms with Crippen molar-refractivity contribution < 1.29 is 9.59 Å². The lowest BCUT2D eigenvalue weighted by Crippen LogP contribution is -2.30. The van der Waals surface area contributed by atoms with Gasteiger partial charge in [-0.2, -0.15) is 15.5 Å². The molecule has 2 aromatic heterocycles. The Morgan fingerprint density at radius 3 is 2.79 bits per heavy atom. The van der Waals surface area contributed by atoms with Crippen LogP contribution >= 0.6 is 11.6 Å². The van der Waals surface area contributed by atoms with Gasteiger partial charge in [-0.3, -0.25) is 19.4 Å². The summed E-state index contributed by atoms with van der Waals surface area (Å²) in [7, 11) is 0. The quantitative estimate of drug-likeness (QED) is 0.621. The van der Waals surface area contributed by atoms with Crippen LogP contribution in [0.15, 0.2) is 36.5 Å². The lowest BCUT2D eigenvalue weighted by atomic mass is 10.1. The first-order chi connectivity index (χ1) is 13.4. The lowest BCUT2D eigenvalue weighted by Gasteiger charge is -2.13. The summed E-state index contributed by atoms with van der Waals surface area (Å²) in [6, 6.07) is 10.3. The average molecular weight is 397 g/mol. The Bertz CT molecular complexity index is 1080. The van der Waals surface area contributed by atoms with Gasteiger partial charge in [0.2, 0.25) is 0 Å². The Morgan fingerprint density at radius 1 is 1.36 bits per heavy atom. The minimum absolute atomic E-state index is 0.109. The van der Waals surface area contributed by atoms with E-state index in [1.807, 2.05) is 25.3 Å². The van der Waals surface area contributed by atoms with Crippen LogP contribution in [-0.4, -0.2) is 38.2 Å². The molecule has 9 heteroatoms. The topological polar surface area (TPSA) is 116 Å². The Kier molecular flexibility index (Phi) is 5.57. The molecule has 142 valence electrons. The number of nitrogens with one attached hydrogen (secondary N) is 2. The molecule has 0 fully saturated rings. The highest BCUT2D eigenvalue weighted by molar-refractivity contribution is 6.32. The molecule has 0 radical (unpaired) electrons. The van der Waals surface area contributed by atoms with Crippen molar-refractivity contribution in [3.05, 3.63) is 58.5 Å². The predicted molar refractivity (Wildman–Crippen MR) is 103 cm³/mol. The van der Waals surface area contributed by atoms with Crippen LogP contribution in [0.2, 0.25) is 5.02 Å². The van der Waals surface area contributed by atoms with Crippen molar-refractivity contribution in [2.45, 2.75) is 19.9 Å². The van der Waals surface area contributed by atoms with E-state index in [0.717, 1.165) is 5.56 Å². The Morgan fingerprint density at radius 2 is 2.14 bits per heavy atom. The number of halogens is 1. The highest BCUT2D eigenvalue weighted by atomic mass is 35.5. The first-order valence-electron chi connectivity index (χ1n) is 8.48. The zero-order valence-electron chi connectivity index (χ0n) is 15.2. The summed E-state index contributed by atoms with van der Waals surface area (Å²) in [5, 5.41) is 23.0. The van der Waals surface area contributed by atoms with Crippen LogP contribution in [0.4, 0.5) is 0 Å². The van der Waals surface area contributed by atoms with Gasteiger partial charge in [-0.15, -0.1) is 0 Å².